The minimum absolute atomic E-state index is 0.203. The van der Waals surface area contributed by atoms with Crippen molar-refractivity contribution in [2.24, 2.45) is 0 Å². The molecule has 0 aliphatic carbocycles. The predicted molar refractivity (Wildman–Crippen MR) is 90.2 cm³/mol. The van der Waals surface area contributed by atoms with Crippen molar-refractivity contribution in [2.75, 3.05) is 11.9 Å². The van der Waals surface area contributed by atoms with Crippen LogP contribution in [0.3, 0.4) is 0 Å². The standard InChI is InChI=1S/C18H22N2O4/c1-12(10-15(21)17-5-3-9-24-17)19-18(22)20-14-6-7-16-13(11-14)4-2-8-23-16/h3,5-7,9,11-12,15,21H,2,4,8,10H2,1H3,(H2,19,20,22). The van der Waals surface area contributed by atoms with Crippen molar-refractivity contribution < 1.29 is 19.1 Å². The number of amides is 2. The van der Waals surface area contributed by atoms with E-state index in [1.54, 1.807) is 12.1 Å². The lowest BCUT2D eigenvalue weighted by molar-refractivity contribution is 0.130. The molecule has 2 amide bonds. The highest BCUT2D eigenvalue weighted by molar-refractivity contribution is 5.89. The number of carbonyl (C=O) groups excluding carboxylic acids is 1. The second-order valence-electron chi connectivity index (χ2n) is 6.04. The molecule has 1 aromatic heterocycles. The van der Waals surface area contributed by atoms with Gasteiger partial charge in [-0.1, -0.05) is 0 Å². The maximum Gasteiger partial charge on any atom is 0.319 e. The molecule has 2 heterocycles. The van der Waals surface area contributed by atoms with Gasteiger partial charge < -0.3 is 24.9 Å². The summed E-state index contributed by atoms with van der Waals surface area (Å²) < 4.78 is 10.7. The summed E-state index contributed by atoms with van der Waals surface area (Å²) >= 11 is 0. The zero-order chi connectivity index (χ0) is 16.9. The average Bonchev–Trinajstić information content (AvgIpc) is 3.09. The molecule has 24 heavy (non-hydrogen) atoms. The maximum absolute atomic E-state index is 12.1. The second-order valence-corrected chi connectivity index (χ2v) is 6.04. The molecule has 0 fully saturated rings. The van der Waals surface area contributed by atoms with E-state index >= 15 is 0 Å². The zero-order valence-electron chi connectivity index (χ0n) is 13.6. The number of benzene rings is 1. The predicted octanol–water partition coefficient (Wildman–Crippen LogP) is 3.24. The highest BCUT2D eigenvalue weighted by atomic mass is 16.5. The summed E-state index contributed by atoms with van der Waals surface area (Å²) in [6, 6.07) is 8.59. The summed E-state index contributed by atoms with van der Waals surface area (Å²) in [5.41, 5.74) is 1.84. The van der Waals surface area contributed by atoms with Crippen LogP contribution in [0.5, 0.6) is 5.75 Å². The van der Waals surface area contributed by atoms with Gasteiger partial charge in [0.2, 0.25) is 0 Å². The van der Waals surface area contributed by atoms with Crippen molar-refractivity contribution in [1.29, 1.82) is 0 Å². The van der Waals surface area contributed by atoms with Crippen LogP contribution in [0.25, 0.3) is 0 Å². The Hall–Kier alpha value is -2.47. The van der Waals surface area contributed by atoms with Crippen molar-refractivity contribution in [3.63, 3.8) is 0 Å². The molecule has 2 atom stereocenters. The number of ether oxygens (including phenoxy) is 1. The Morgan fingerprint density at radius 1 is 1.38 bits per heavy atom. The van der Waals surface area contributed by atoms with Crippen LogP contribution in [-0.2, 0) is 6.42 Å². The lowest BCUT2D eigenvalue weighted by atomic mass is 10.1. The molecule has 1 aliphatic rings. The number of nitrogens with one attached hydrogen (secondary N) is 2. The minimum Gasteiger partial charge on any atom is -0.493 e. The summed E-state index contributed by atoms with van der Waals surface area (Å²) in [5.74, 6) is 1.39. The third-order valence-electron chi connectivity index (χ3n) is 3.99. The van der Waals surface area contributed by atoms with Crippen molar-refractivity contribution in [3.8, 4) is 5.75 Å². The summed E-state index contributed by atoms with van der Waals surface area (Å²) in [5, 5.41) is 15.7. The van der Waals surface area contributed by atoms with E-state index < -0.39 is 6.10 Å². The number of aryl methyl sites for hydroxylation is 1. The van der Waals surface area contributed by atoms with Crippen LogP contribution in [0.1, 0.15) is 37.2 Å². The first-order chi connectivity index (χ1) is 11.6. The number of hydrogen-bond acceptors (Lipinski definition) is 4. The van der Waals surface area contributed by atoms with Crippen LogP contribution in [-0.4, -0.2) is 23.8 Å². The first-order valence-electron chi connectivity index (χ1n) is 8.16. The van der Waals surface area contributed by atoms with Crippen LogP contribution >= 0.6 is 0 Å². The van der Waals surface area contributed by atoms with Crippen LogP contribution in [0.2, 0.25) is 0 Å². The van der Waals surface area contributed by atoms with Crippen molar-refractivity contribution in [3.05, 3.63) is 47.9 Å². The van der Waals surface area contributed by atoms with Crippen molar-refractivity contribution >= 4 is 11.7 Å². The fraction of sp³-hybridized carbons (Fsp3) is 0.389. The number of hydrogen-bond donors (Lipinski definition) is 3. The molecule has 2 unspecified atom stereocenters. The van der Waals surface area contributed by atoms with E-state index in [1.807, 2.05) is 25.1 Å². The number of rotatable bonds is 5. The van der Waals surface area contributed by atoms with Gasteiger partial charge in [0.25, 0.3) is 0 Å². The molecule has 0 radical (unpaired) electrons. The lowest BCUT2D eigenvalue weighted by Crippen LogP contribution is -2.37. The normalized spacial score (nSPS) is 15.8. The van der Waals surface area contributed by atoms with E-state index in [0.717, 1.165) is 36.4 Å². The van der Waals surface area contributed by atoms with Gasteiger partial charge in [0.1, 0.15) is 17.6 Å². The Labute approximate surface area is 140 Å². The first kappa shape index (κ1) is 16.4. The molecule has 0 spiro atoms. The molecule has 1 aromatic carbocycles. The van der Waals surface area contributed by atoms with Crippen LogP contribution < -0.4 is 15.4 Å². The van der Waals surface area contributed by atoms with Crippen molar-refractivity contribution in [2.45, 2.75) is 38.3 Å². The number of urea groups is 1. The Morgan fingerprint density at radius 2 is 2.25 bits per heavy atom. The second kappa shape index (κ2) is 7.40. The fourth-order valence-electron chi connectivity index (χ4n) is 2.82. The number of aliphatic hydroxyl groups is 1. The van der Waals surface area contributed by atoms with Gasteiger partial charge >= 0.3 is 6.03 Å². The Kier molecular flexibility index (Phi) is 5.05. The van der Waals surface area contributed by atoms with E-state index in [-0.39, 0.29) is 12.1 Å². The molecule has 128 valence electrons. The SMILES string of the molecule is CC(CC(O)c1ccco1)NC(=O)Nc1ccc2c(c1)CCCO2. The van der Waals surface area contributed by atoms with E-state index in [4.69, 9.17) is 9.15 Å². The number of carbonyl (C=O) groups is 1. The monoisotopic (exact) mass is 330 g/mol. The average molecular weight is 330 g/mol. The number of aliphatic hydroxyl groups excluding tert-OH is 1. The molecular weight excluding hydrogens is 308 g/mol. The van der Waals surface area contributed by atoms with Gasteiger partial charge in [-0.2, -0.15) is 0 Å². The largest absolute Gasteiger partial charge is 0.493 e. The molecule has 0 saturated carbocycles. The van der Waals surface area contributed by atoms with E-state index in [1.165, 1.54) is 6.26 Å². The minimum atomic E-state index is -0.740. The van der Waals surface area contributed by atoms with Gasteiger partial charge in [0.05, 0.1) is 12.9 Å². The summed E-state index contributed by atoms with van der Waals surface area (Å²) in [7, 11) is 0. The van der Waals surface area contributed by atoms with Gasteiger partial charge in [0, 0.05) is 18.2 Å². The molecule has 3 N–H and O–H groups in total. The molecule has 6 heteroatoms. The van der Waals surface area contributed by atoms with Crippen LogP contribution in [0.4, 0.5) is 10.5 Å². The highest BCUT2D eigenvalue weighted by Crippen LogP contribution is 2.27. The zero-order valence-corrected chi connectivity index (χ0v) is 13.6. The quantitative estimate of drug-likeness (QED) is 0.786. The number of anilines is 1. The number of furan rings is 1. The Morgan fingerprint density at radius 3 is 3.04 bits per heavy atom. The van der Waals surface area contributed by atoms with Crippen LogP contribution in [0, 0.1) is 0 Å². The van der Waals surface area contributed by atoms with Gasteiger partial charge in [-0.3, -0.25) is 0 Å². The molecular formula is C18H22N2O4. The Bertz CT molecular complexity index is 684. The summed E-state index contributed by atoms with van der Waals surface area (Å²) in [6.45, 7) is 2.59. The van der Waals surface area contributed by atoms with Crippen molar-refractivity contribution in [1.82, 2.24) is 5.32 Å². The summed E-state index contributed by atoms with van der Waals surface area (Å²) in [4.78, 5) is 12.1. The lowest BCUT2D eigenvalue weighted by Gasteiger charge is -2.19. The van der Waals surface area contributed by atoms with E-state index in [2.05, 4.69) is 10.6 Å². The first-order valence-corrected chi connectivity index (χ1v) is 8.16. The molecule has 0 bridgehead atoms. The molecule has 0 saturated heterocycles. The molecule has 2 aromatic rings. The van der Waals surface area contributed by atoms with Gasteiger partial charge in [-0.15, -0.1) is 0 Å². The summed E-state index contributed by atoms with van der Waals surface area (Å²) in [6.07, 6.45) is 3.10. The fourth-order valence-corrected chi connectivity index (χ4v) is 2.82. The molecule has 6 nitrogen and oxygen atoms in total. The topological polar surface area (TPSA) is 83.7 Å². The van der Waals surface area contributed by atoms with Gasteiger partial charge in [0.15, 0.2) is 0 Å². The van der Waals surface area contributed by atoms with E-state index in [0.29, 0.717) is 12.2 Å². The van der Waals surface area contributed by atoms with Gasteiger partial charge in [-0.05, 0) is 55.7 Å². The van der Waals surface area contributed by atoms with E-state index in [9.17, 15) is 9.90 Å². The third-order valence-corrected chi connectivity index (χ3v) is 3.99. The molecule has 3 rings (SSSR count). The van der Waals surface area contributed by atoms with Crippen LogP contribution in [0.15, 0.2) is 41.0 Å². The maximum atomic E-state index is 12.1. The smallest absolute Gasteiger partial charge is 0.319 e. The molecule has 1 aliphatic heterocycles. The third kappa shape index (κ3) is 4.08. The van der Waals surface area contributed by atoms with Gasteiger partial charge in [-0.25, -0.2) is 4.79 Å². The Balaban J connectivity index is 1.51. The highest BCUT2D eigenvalue weighted by Gasteiger charge is 2.17. The number of fused-ring (bicyclic) bond motifs is 1.